The molecule has 0 fully saturated rings. The number of amidine groups is 1. The Balaban J connectivity index is 2.16. The average Bonchev–Trinajstić information content (AvgIpc) is 2.85. The summed E-state index contributed by atoms with van der Waals surface area (Å²) in [5, 5.41) is 3.11. The molecule has 1 aliphatic heterocycles. The highest BCUT2D eigenvalue weighted by Crippen LogP contribution is 2.20. The monoisotopic (exact) mass is 236 g/mol. The Labute approximate surface area is 101 Å². The maximum atomic E-state index is 13.8. The van der Waals surface area contributed by atoms with Gasteiger partial charge < -0.3 is 10.1 Å². The first-order valence-corrected chi connectivity index (χ1v) is 5.95. The van der Waals surface area contributed by atoms with Crippen molar-refractivity contribution >= 4 is 5.84 Å². The largest absolute Gasteiger partial charge is 0.488 e. The summed E-state index contributed by atoms with van der Waals surface area (Å²) in [6, 6.07) is 4.96. The number of hydrogen-bond donors (Lipinski definition) is 1. The molecule has 0 bridgehead atoms. The molecular formula is C13H17FN2O. The van der Waals surface area contributed by atoms with Gasteiger partial charge in [0.15, 0.2) is 11.6 Å². The third kappa shape index (κ3) is 2.75. The molecule has 0 radical (unpaired) electrons. The van der Waals surface area contributed by atoms with Crippen LogP contribution in [0.25, 0.3) is 0 Å². The Hall–Kier alpha value is -1.58. The molecule has 3 nitrogen and oxygen atoms in total. The van der Waals surface area contributed by atoms with Crippen molar-refractivity contribution in [3.63, 3.8) is 0 Å². The van der Waals surface area contributed by atoms with Crippen LogP contribution >= 0.6 is 0 Å². The highest BCUT2D eigenvalue weighted by Gasteiger charge is 2.12. The maximum absolute atomic E-state index is 13.8. The van der Waals surface area contributed by atoms with E-state index in [1.807, 2.05) is 19.9 Å². The van der Waals surface area contributed by atoms with Gasteiger partial charge >= 0.3 is 0 Å². The van der Waals surface area contributed by atoms with Crippen LogP contribution in [-0.4, -0.2) is 25.0 Å². The first-order chi connectivity index (χ1) is 8.20. The standard InChI is InChI=1S/C13H17FN2O/c1-3-9(2)17-12-5-4-10(8-11(12)14)13-15-6-7-16-13/h4-5,8-9H,3,6-7H2,1-2H3,(H,15,16). The summed E-state index contributed by atoms with van der Waals surface area (Å²) in [6.45, 7) is 5.51. The van der Waals surface area contributed by atoms with E-state index in [-0.39, 0.29) is 11.9 Å². The zero-order valence-electron chi connectivity index (χ0n) is 10.2. The maximum Gasteiger partial charge on any atom is 0.165 e. The van der Waals surface area contributed by atoms with Crippen LogP contribution in [0.3, 0.4) is 0 Å². The van der Waals surface area contributed by atoms with Crippen molar-refractivity contribution in [1.82, 2.24) is 5.32 Å². The first-order valence-electron chi connectivity index (χ1n) is 5.95. The second kappa shape index (κ2) is 5.17. The van der Waals surface area contributed by atoms with Crippen molar-refractivity contribution in [3.8, 4) is 5.75 Å². The van der Waals surface area contributed by atoms with Gasteiger partial charge in [-0.25, -0.2) is 4.39 Å². The summed E-state index contributed by atoms with van der Waals surface area (Å²) < 4.78 is 19.3. The Bertz CT molecular complexity index is 431. The zero-order valence-corrected chi connectivity index (χ0v) is 10.2. The van der Waals surface area contributed by atoms with Crippen molar-refractivity contribution in [3.05, 3.63) is 29.6 Å². The minimum Gasteiger partial charge on any atom is -0.488 e. The molecule has 1 atom stereocenters. The molecule has 1 heterocycles. The third-order valence-corrected chi connectivity index (χ3v) is 2.78. The summed E-state index contributed by atoms with van der Waals surface area (Å²) in [5.41, 5.74) is 0.775. The fourth-order valence-corrected chi connectivity index (χ4v) is 1.64. The molecule has 0 saturated heterocycles. The van der Waals surface area contributed by atoms with Crippen LogP contribution in [0.15, 0.2) is 23.2 Å². The minimum absolute atomic E-state index is 0.0253. The second-order valence-corrected chi connectivity index (χ2v) is 4.14. The summed E-state index contributed by atoms with van der Waals surface area (Å²) in [5.74, 6) is 0.736. The van der Waals surface area contributed by atoms with Crippen LogP contribution in [0, 0.1) is 5.82 Å². The van der Waals surface area contributed by atoms with Gasteiger partial charge in [0.25, 0.3) is 0 Å². The molecule has 2 rings (SSSR count). The normalized spacial score (nSPS) is 16.3. The number of benzene rings is 1. The van der Waals surface area contributed by atoms with Gasteiger partial charge in [-0.15, -0.1) is 0 Å². The van der Waals surface area contributed by atoms with Crippen molar-refractivity contribution in [2.45, 2.75) is 26.4 Å². The molecule has 0 spiro atoms. The molecule has 0 aliphatic carbocycles. The van der Waals surface area contributed by atoms with Gasteiger partial charge in [0.2, 0.25) is 0 Å². The van der Waals surface area contributed by atoms with Gasteiger partial charge in [0.1, 0.15) is 5.84 Å². The lowest BCUT2D eigenvalue weighted by Crippen LogP contribution is -2.19. The molecule has 1 unspecified atom stereocenters. The smallest absolute Gasteiger partial charge is 0.165 e. The molecule has 1 aromatic rings. The van der Waals surface area contributed by atoms with Gasteiger partial charge in [-0.3, -0.25) is 4.99 Å². The molecular weight excluding hydrogens is 219 g/mol. The van der Waals surface area contributed by atoms with E-state index < -0.39 is 0 Å². The van der Waals surface area contributed by atoms with Gasteiger partial charge in [-0.2, -0.15) is 0 Å². The van der Waals surface area contributed by atoms with Crippen LogP contribution in [0.4, 0.5) is 4.39 Å². The van der Waals surface area contributed by atoms with Crippen molar-refractivity contribution in [2.75, 3.05) is 13.1 Å². The first kappa shape index (κ1) is 11.9. The zero-order chi connectivity index (χ0) is 12.3. The number of nitrogens with one attached hydrogen (secondary N) is 1. The van der Waals surface area contributed by atoms with Crippen LogP contribution in [-0.2, 0) is 0 Å². The van der Waals surface area contributed by atoms with Gasteiger partial charge in [-0.05, 0) is 31.5 Å². The number of aliphatic imine (C=N–C) groups is 1. The van der Waals surface area contributed by atoms with E-state index in [2.05, 4.69) is 10.3 Å². The van der Waals surface area contributed by atoms with Gasteiger partial charge in [0, 0.05) is 12.1 Å². The number of hydrogen-bond acceptors (Lipinski definition) is 3. The molecule has 4 heteroatoms. The van der Waals surface area contributed by atoms with Crippen molar-refractivity contribution in [2.24, 2.45) is 4.99 Å². The molecule has 1 aliphatic rings. The van der Waals surface area contributed by atoms with E-state index in [1.165, 1.54) is 6.07 Å². The highest BCUT2D eigenvalue weighted by molar-refractivity contribution is 5.99. The summed E-state index contributed by atoms with van der Waals surface area (Å²) in [6.07, 6.45) is 0.882. The summed E-state index contributed by atoms with van der Waals surface area (Å²) in [4.78, 5) is 4.25. The van der Waals surface area contributed by atoms with E-state index >= 15 is 0 Å². The number of ether oxygens (including phenoxy) is 1. The fourth-order valence-electron chi connectivity index (χ4n) is 1.64. The van der Waals surface area contributed by atoms with Crippen LogP contribution in [0.2, 0.25) is 0 Å². The fraction of sp³-hybridized carbons (Fsp3) is 0.462. The average molecular weight is 236 g/mol. The molecule has 0 saturated carbocycles. The van der Waals surface area contributed by atoms with E-state index in [4.69, 9.17) is 4.74 Å². The molecule has 1 aromatic carbocycles. The lowest BCUT2D eigenvalue weighted by molar-refractivity contribution is 0.208. The molecule has 0 amide bonds. The number of nitrogens with zero attached hydrogens (tertiary/aromatic N) is 1. The van der Waals surface area contributed by atoms with E-state index in [9.17, 15) is 4.39 Å². The number of rotatable bonds is 4. The summed E-state index contributed by atoms with van der Waals surface area (Å²) in [7, 11) is 0. The van der Waals surface area contributed by atoms with Gasteiger partial charge in [-0.1, -0.05) is 6.92 Å². The highest BCUT2D eigenvalue weighted by atomic mass is 19.1. The lowest BCUT2D eigenvalue weighted by atomic mass is 10.2. The van der Waals surface area contributed by atoms with E-state index in [1.54, 1.807) is 6.07 Å². The Morgan fingerprint density at radius 2 is 2.35 bits per heavy atom. The van der Waals surface area contributed by atoms with Crippen LogP contribution in [0.5, 0.6) is 5.75 Å². The van der Waals surface area contributed by atoms with E-state index in [0.717, 1.165) is 30.9 Å². The van der Waals surface area contributed by atoms with E-state index in [0.29, 0.717) is 5.75 Å². The number of halogens is 1. The predicted octanol–water partition coefficient (Wildman–Crippen LogP) is 2.35. The van der Waals surface area contributed by atoms with Crippen LogP contribution < -0.4 is 10.1 Å². The lowest BCUT2D eigenvalue weighted by Gasteiger charge is -2.13. The third-order valence-electron chi connectivity index (χ3n) is 2.78. The van der Waals surface area contributed by atoms with Crippen molar-refractivity contribution in [1.29, 1.82) is 0 Å². The Morgan fingerprint density at radius 3 is 2.94 bits per heavy atom. The predicted molar refractivity (Wildman–Crippen MR) is 66.2 cm³/mol. The van der Waals surface area contributed by atoms with Gasteiger partial charge in [0.05, 0.1) is 12.6 Å². The molecule has 0 aromatic heterocycles. The Morgan fingerprint density at radius 1 is 1.53 bits per heavy atom. The molecule has 17 heavy (non-hydrogen) atoms. The second-order valence-electron chi connectivity index (χ2n) is 4.14. The summed E-state index contributed by atoms with van der Waals surface area (Å²) >= 11 is 0. The quantitative estimate of drug-likeness (QED) is 0.870. The molecule has 1 N–H and O–H groups in total. The Kier molecular flexibility index (Phi) is 3.61. The van der Waals surface area contributed by atoms with Crippen molar-refractivity contribution < 1.29 is 9.13 Å². The SMILES string of the molecule is CCC(C)Oc1ccc(C2=NCCN2)cc1F. The minimum atomic E-state index is -0.334. The topological polar surface area (TPSA) is 33.6 Å². The molecule has 92 valence electrons. The van der Waals surface area contributed by atoms with Crippen LogP contribution in [0.1, 0.15) is 25.8 Å².